The second-order valence-electron chi connectivity index (χ2n) is 3.11. The van der Waals surface area contributed by atoms with E-state index in [1.54, 1.807) is 6.07 Å². The lowest BCUT2D eigenvalue weighted by Crippen LogP contribution is -2.23. The maximum absolute atomic E-state index is 10.6. The second kappa shape index (κ2) is 5.14. The number of carboxylic acid groups (broad SMARTS) is 1. The van der Waals surface area contributed by atoms with Gasteiger partial charge in [0.25, 0.3) is 0 Å². The highest BCUT2D eigenvalue weighted by molar-refractivity contribution is 7.80. The molecule has 0 fully saturated rings. The molecular weight excluding hydrogens is 250 g/mol. The highest BCUT2D eigenvalue weighted by atomic mass is 35.5. The Morgan fingerprint density at radius 1 is 1.62 bits per heavy atom. The Kier molecular flexibility index (Phi) is 4.09. The van der Waals surface area contributed by atoms with Crippen LogP contribution in [0.3, 0.4) is 0 Å². The van der Waals surface area contributed by atoms with Crippen LogP contribution in [0.4, 0.5) is 0 Å². The minimum Gasteiger partial charge on any atom is -0.479 e. The van der Waals surface area contributed by atoms with Gasteiger partial charge in [-0.2, -0.15) is 0 Å². The SMILES string of the molecule is CC(Oc1ccc(C(N)=S)cc1Cl)C(=O)O. The number of thiocarbonyl (C=S) groups is 1. The van der Waals surface area contributed by atoms with Crippen molar-refractivity contribution in [3.63, 3.8) is 0 Å². The smallest absolute Gasteiger partial charge is 0.344 e. The molecule has 4 nitrogen and oxygen atoms in total. The monoisotopic (exact) mass is 259 g/mol. The minimum absolute atomic E-state index is 0.222. The first-order valence-corrected chi connectivity index (χ1v) is 5.19. The van der Waals surface area contributed by atoms with Gasteiger partial charge in [-0.3, -0.25) is 0 Å². The number of aliphatic carboxylic acids is 1. The Bertz CT molecular complexity index is 436. The number of nitrogens with two attached hydrogens (primary N) is 1. The molecule has 0 radical (unpaired) electrons. The van der Waals surface area contributed by atoms with Crippen molar-refractivity contribution in [1.82, 2.24) is 0 Å². The summed E-state index contributed by atoms with van der Waals surface area (Å²) in [6.45, 7) is 1.42. The lowest BCUT2D eigenvalue weighted by atomic mass is 10.2. The topological polar surface area (TPSA) is 72.5 Å². The summed E-state index contributed by atoms with van der Waals surface area (Å²) in [6, 6.07) is 4.70. The molecule has 6 heteroatoms. The average Bonchev–Trinajstić information content (AvgIpc) is 2.20. The molecule has 0 aliphatic heterocycles. The number of benzene rings is 1. The van der Waals surface area contributed by atoms with Gasteiger partial charge in [0.15, 0.2) is 6.10 Å². The first-order chi connectivity index (χ1) is 7.41. The Labute approximate surface area is 103 Å². The van der Waals surface area contributed by atoms with Crippen molar-refractivity contribution >= 4 is 34.8 Å². The van der Waals surface area contributed by atoms with Gasteiger partial charge in [0.05, 0.1) is 5.02 Å². The van der Waals surface area contributed by atoms with Gasteiger partial charge in [0, 0.05) is 5.56 Å². The summed E-state index contributed by atoms with van der Waals surface area (Å²) < 4.78 is 5.13. The van der Waals surface area contributed by atoms with E-state index in [4.69, 9.17) is 39.4 Å². The molecule has 1 aromatic carbocycles. The first kappa shape index (κ1) is 12.7. The molecule has 0 aromatic heterocycles. The van der Waals surface area contributed by atoms with Crippen LogP contribution in [0.2, 0.25) is 5.02 Å². The minimum atomic E-state index is -1.06. The molecule has 1 atom stereocenters. The number of carbonyl (C=O) groups is 1. The van der Waals surface area contributed by atoms with Crippen LogP contribution >= 0.6 is 23.8 Å². The number of hydrogen-bond donors (Lipinski definition) is 2. The fourth-order valence-electron chi connectivity index (χ4n) is 0.991. The molecule has 0 aliphatic rings. The summed E-state index contributed by atoms with van der Waals surface area (Å²) in [5.74, 6) is -0.772. The van der Waals surface area contributed by atoms with E-state index in [2.05, 4.69) is 0 Å². The van der Waals surface area contributed by atoms with Crippen molar-refractivity contribution in [2.24, 2.45) is 5.73 Å². The molecular formula is C10H10ClNO3S. The standard InChI is InChI=1S/C10H10ClNO3S/c1-5(10(13)14)15-8-3-2-6(9(12)16)4-7(8)11/h2-5H,1H3,(H2,12,16)(H,13,14). The third kappa shape index (κ3) is 3.08. The maximum Gasteiger partial charge on any atom is 0.344 e. The van der Waals surface area contributed by atoms with Crippen molar-refractivity contribution < 1.29 is 14.6 Å². The average molecular weight is 260 g/mol. The van der Waals surface area contributed by atoms with E-state index < -0.39 is 12.1 Å². The van der Waals surface area contributed by atoms with E-state index >= 15 is 0 Å². The number of ether oxygens (including phenoxy) is 1. The molecule has 0 saturated carbocycles. The van der Waals surface area contributed by atoms with Crippen molar-refractivity contribution in [1.29, 1.82) is 0 Å². The van der Waals surface area contributed by atoms with E-state index in [-0.39, 0.29) is 15.8 Å². The van der Waals surface area contributed by atoms with Gasteiger partial charge in [0.2, 0.25) is 0 Å². The third-order valence-corrected chi connectivity index (χ3v) is 2.40. The maximum atomic E-state index is 10.6. The molecule has 0 amide bonds. The van der Waals surface area contributed by atoms with Crippen molar-refractivity contribution in [2.75, 3.05) is 0 Å². The van der Waals surface area contributed by atoms with Gasteiger partial charge in [-0.15, -0.1) is 0 Å². The van der Waals surface area contributed by atoms with Crippen LogP contribution < -0.4 is 10.5 Å². The lowest BCUT2D eigenvalue weighted by molar-refractivity contribution is -0.144. The lowest BCUT2D eigenvalue weighted by Gasteiger charge is -2.12. The van der Waals surface area contributed by atoms with Crippen molar-refractivity contribution in [3.8, 4) is 5.75 Å². The quantitative estimate of drug-likeness (QED) is 0.807. The normalized spacial score (nSPS) is 11.9. The molecule has 16 heavy (non-hydrogen) atoms. The molecule has 0 aliphatic carbocycles. The predicted molar refractivity (Wildman–Crippen MR) is 65.1 cm³/mol. The van der Waals surface area contributed by atoms with Crippen LogP contribution in [-0.4, -0.2) is 22.2 Å². The third-order valence-electron chi connectivity index (χ3n) is 1.87. The summed E-state index contributed by atoms with van der Waals surface area (Å²) >= 11 is 10.7. The Morgan fingerprint density at radius 2 is 2.25 bits per heavy atom. The van der Waals surface area contributed by atoms with Crippen LogP contribution in [0, 0.1) is 0 Å². The Balaban J connectivity index is 2.91. The Hall–Kier alpha value is -1.33. The van der Waals surface area contributed by atoms with Crippen molar-refractivity contribution in [2.45, 2.75) is 13.0 Å². The number of hydrogen-bond acceptors (Lipinski definition) is 3. The predicted octanol–water partition coefficient (Wildman–Crippen LogP) is 1.83. The van der Waals surface area contributed by atoms with E-state index in [1.807, 2.05) is 0 Å². The summed E-state index contributed by atoms with van der Waals surface area (Å²) in [7, 11) is 0. The first-order valence-electron chi connectivity index (χ1n) is 4.40. The van der Waals surface area contributed by atoms with Gasteiger partial charge in [-0.1, -0.05) is 23.8 Å². The van der Waals surface area contributed by atoms with Crippen LogP contribution in [0.15, 0.2) is 18.2 Å². The number of rotatable bonds is 4. The molecule has 1 rings (SSSR count). The second-order valence-corrected chi connectivity index (χ2v) is 3.95. The summed E-state index contributed by atoms with van der Waals surface area (Å²) in [5.41, 5.74) is 6.03. The van der Waals surface area contributed by atoms with Gasteiger partial charge in [0.1, 0.15) is 10.7 Å². The van der Waals surface area contributed by atoms with Gasteiger partial charge >= 0.3 is 5.97 Å². The van der Waals surface area contributed by atoms with Crippen LogP contribution in [0.1, 0.15) is 12.5 Å². The largest absolute Gasteiger partial charge is 0.479 e. The highest BCUT2D eigenvalue weighted by Crippen LogP contribution is 2.26. The summed E-state index contributed by atoms with van der Waals surface area (Å²) in [5, 5.41) is 8.94. The summed E-state index contributed by atoms with van der Waals surface area (Å²) in [6.07, 6.45) is -0.965. The fraction of sp³-hybridized carbons (Fsp3) is 0.200. The van der Waals surface area contributed by atoms with Crippen molar-refractivity contribution in [3.05, 3.63) is 28.8 Å². The molecule has 0 bridgehead atoms. The zero-order chi connectivity index (χ0) is 12.3. The molecule has 0 spiro atoms. The molecule has 0 heterocycles. The zero-order valence-electron chi connectivity index (χ0n) is 8.44. The van der Waals surface area contributed by atoms with Gasteiger partial charge in [-0.05, 0) is 25.1 Å². The van der Waals surface area contributed by atoms with Crippen LogP contribution in [0.25, 0.3) is 0 Å². The molecule has 0 saturated heterocycles. The number of carboxylic acids is 1. The van der Waals surface area contributed by atoms with Crippen LogP contribution in [0.5, 0.6) is 5.75 Å². The number of halogens is 1. The van der Waals surface area contributed by atoms with Gasteiger partial charge in [-0.25, -0.2) is 4.79 Å². The van der Waals surface area contributed by atoms with E-state index in [9.17, 15) is 4.79 Å². The zero-order valence-corrected chi connectivity index (χ0v) is 10.0. The summed E-state index contributed by atoms with van der Waals surface area (Å²) in [4.78, 5) is 10.8. The van der Waals surface area contributed by atoms with Crippen LogP contribution in [-0.2, 0) is 4.79 Å². The Morgan fingerprint density at radius 3 is 2.69 bits per heavy atom. The molecule has 1 unspecified atom stereocenters. The highest BCUT2D eigenvalue weighted by Gasteiger charge is 2.14. The van der Waals surface area contributed by atoms with E-state index in [0.717, 1.165) is 0 Å². The molecule has 86 valence electrons. The van der Waals surface area contributed by atoms with E-state index in [0.29, 0.717) is 5.56 Å². The molecule has 1 aromatic rings. The fourth-order valence-corrected chi connectivity index (χ4v) is 1.34. The van der Waals surface area contributed by atoms with E-state index in [1.165, 1.54) is 19.1 Å². The van der Waals surface area contributed by atoms with Gasteiger partial charge < -0.3 is 15.6 Å². The molecule has 3 N–H and O–H groups in total.